The number of thiazole rings is 4. The number of rotatable bonds is 0. The molecule has 0 atom stereocenters. The van der Waals surface area contributed by atoms with Gasteiger partial charge < -0.3 is 0 Å². The van der Waals surface area contributed by atoms with Gasteiger partial charge in [-0.05, 0) is 48.5 Å². The summed E-state index contributed by atoms with van der Waals surface area (Å²) in [6, 6.07) is 32.1. The van der Waals surface area contributed by atoms with Gasteiger partial charge in [0.2, 0.25) is 0 Å². The number of halogens is 2. The minimum atomic E-state index is -0.226. The zero-order chi connectivity index (χ0) is 30.6. The maximum atomic E-state index is 4.83. The summed E-state index contributed by atoms with van der Waals surface area (Å²) in [6.45, 7) is 0. The summed E-state index contributed by atoms with van der Waals surface area (Å²) in [5.41, 5.74) is 4.16. The van der Waals surface area contributed by atoms with Gasteiger partial charge in [0.05, 0.1) is 40.9 Å². The van der Waals surface area contributed by atoms with Crippen LogP contribution in [0.4, 0.5) is 0 Å². The van der Waals surface area contributed by atoms with E-state index in [9.17, 15) is 0 Å². The molecule has 4 aromatic carbocycles. The first-order valence-corrected chi connectivity index (χ1v) is 21.2. The number of para-hydroxylation sites is 4. The third kappa shape index (κ3) is 11.1. The van der Waals surface area contributed by atoms with Crippen molar-refractivity contribution < 1.29 is 15.1 Å². The van der Waals surface area contributed by atoms with Gasteiger partial charge in [-0.3, -0.25) is 0 Å². The number of hydrogen-bond acceptors (Lipinski definition) is 12. The number of thiol groups is 4. The molecule has 0 unspecified atom stereocenters. The third-order valence-corrected chi connectivity index (χ3v) is 9.98. The Balaban J connectivity index is 0.000000127. The first-order valence-electron chi connectivity index (χ1n) is 11.9. The Labute approximate surface area is 302 Å². The van der Waals surface area contributed by atoms with E-state index in [-0.39, 0.29) is 15.1 Å². The molecule has 43 heavy (non-hydrogen) atoms. The topological polar surface area (TPSA) is 51.6 Å². The van der Waals surface area contributed by atoms with Gasteiger partial charge in [-0.2, -0.15) is 0 Å². The van der Waals surface area contributed by atoms with Crippen LogP contribution < -0.4 is 0 Å². The van der Waals surface area contributed by atoms with Gasteiger partial charge in [0.25, 0.3) is 0 Å². The van der Waals surface area contributed by atoms with Gasteiger partial charge in [-0.25, -0.2) is 19.9 Å². The van der Waals surface area contributed by atoms with Crippen LogP contribution in [0, 0.1) is 0 Å². The number of benzene rings is 4. The molecule has 0 saturated heterocycles. The predicted molar refractivity (Wildman–Crippen MR) is 199 cm³/mol. The van der Waals surface area contributed by atoms with E-state index in [0.717, 1.165) is 39.4 Å². The minimum absolute atomic E-state index is 0.226. The summed E-state index contributed by atoms with van der Waals surface area (Å²) in [5, 5.41) is 0. The quantitative estimate of drug-likeness (QED) is 0.0908. The summed E-state index contributed by atoms with van der Waals surface area (Å²) >= 11 is 22.8. The van der Waals surface area contributed by atoms with E-state index in [1.54, 1.807) is 45.3 Å². The summed E-state index contributed by atoms with van der Waals surface area (Å²) < 4.78 is 8.14. The molecular formula is C28H20Cl2N4RhS8. The van der Waals surface area contributed by atoms with Crippen molar-refractivity contribution in [2.24, 2.45) is 0 Å². The Morgan fingerprint density at radius 2 is 0.581 bits per heavy atom. The molecule has 0 aliphatic carbocycles. The first kappa shape index (κ1) is 34.9. The third-order valence-electron chi connectivity index (χ3n) is 5.13. The molecule has 0 fully saturated rings. The standard InChI is InChI=1S/4C7H5NS2.2ClH.Rh/c4*9-7-8-5-3-1-2-4-6(5)10-7;;;/h4*1-4H,(H,8,9);2*1H;/q;;;;;;+2/p-2. The summed E-state index contributed by atoms with van der Waals surface area (Å²) in [7, 11) is 9.67. The van der Waals surface area contributed by atoms with Gasteiger partial charge in [0.1, 0.15) is 17.4 Å². The Kier molecular flexibility index (Phi) is 14.8. The van der Waals surface area contributed by atoms with Crippen molar-refractivity contribution in [2.75, 3.05) is 0 Å². The zero-order valence-corrected chi connectivity index (χ0v) is 31.5. The molecule has 4 heterocycles. The SMILES string of the molecule is Sc1nc2ccccc2s1.Sc1nc2ccccc2s1.Sc1nc2ccccc2s1.Sc1nc2ccccc2s1.[Cl][Rh][Cl]. The van der Waals surface area contributed by atoms with E-state index in [0.29, 0.717) is 0 Å². The second-order valence-electron chi connectivity index (χ2n) is 7.90. The van der Waals surface area contributed by atoms with E-state index in [1.807, 2.05) is 97.1 Å². The van der Waals surface area contributed by atoms with Crippen LogP contribution in [-0.4, -0.2) is 19.9 Å². The van der Waals surface area contributed by atoms with Gasteiger partial charge in [-0.1, -0.05) is 48.5 Å². The van der Waals surface area contributed by atoms with Crippen LogP contribution in [-0.2, 0) is 15.1 Å². The summed E-state index contributed by atoms with van der Waals surface area (Å²) in [4.78, 5) is 16.8. The maximum absolute atomic E-state index is 4.83. The summed E-state index contributed by atoms with van der Waals surface area (Å²) in [5.74, 6) is 0. The van der Waals surface area contributed by atoms with Crippen molar-refractivity contribution in [3.63, 3.8) is 0 Å². The van der Waals surface area contributed by atoms with E-state index in [1.165, 1.54) is 18.8 Å². The van der Waals surface area contributed by atoms with E-state index >= 15 is 0 Å². The zero-order valence-electron chi connectivity index (χ0n) is 21.5. The molecule has 0 radical (unpaired) electrons. The van der Waals surface area contributed by atoms with Gasteiger partial charge in [0, 0.05) is 0 Å². The van der Waals surface area contributed by atoms with Crippen LogP contribution in [0.15, 0.2) is 114 Å². The number of hydrogen-bond donors (Lipinski definition) is 4. The molecule has 8 aromatic rings. The average Bonchev–Trinajstić information content (AvgIpc) is 3.76. The number of nitrogens with zero attached hydrogens (tertiary/aromatic N) is 4. The normalized spacial score (nSPS) is 10.3. The Hall–Kier alpha value is -0.957. The van der Waals surface area contributed by atoms with Crippen LogP contribution in [0.2, 0.25) is 0 Å². The van der Waals surface area contributed by atoms with E-state index in [4.69, 9.17) is 19.4 Å². The Morgan fingerprint density at radius 1 is 0.395 bits per heavy atom. The monoisotopic (exact) mass is 841 g/mol. The molecule has 8 rings (SSSR count). The fraction of sp³-hybridized carbons (Fsp3) is 0. The van der Waals surface area contributed by atoms with Crippen molar-refractivity contribution in [1.29, 1.82) is 0 Å². The first-order chi connectivity index (χ1) is 20.9. The molecule has 4 aromatic heterocycles. The molecule has 15 heteroatoms. The number of fused-ring (bicyclic) bond motifs is 4. The van der Waals surface area contributed by atoms with E-state index in [2.05, 4.69) is 70.5 Å². The van der Waals surface area contributed by atoms with Crippen molar-refractivity contribution >= 4 is 156 Å². The van der Waals surface area contributed by atoms with Crippen molar-refractivity contribution in [3.05, 3.63) is 97.1 Å². The molecule has 0 N–H and O–H groups in total. The Morgan fingerprint density at radius 3 is 0.767 bits per heavy atom. The molecule has 0 amide bonds. The van der Waals surface area contributed by atoms with E-state index < -0.39 is 0 Å². The number of aromatic nitrogens is 4. The van der Waals surface area contributed by atoms with Gasteiger partial charge in [-0.15, -0.1) is 95.9 Å². The summed E-state index contributed by atoms with van der Waals surface area (Å²) in [6.07, 6.45) is 0. The van der Waals surface area contributed by atoms with Crippen LogP contribution in [0.1, 0.15) is 0 Å². The van der Waals surface area contributed by atoms with Crippen LogP contribution in [0.3, 0.4) is 0 Å². The molecule has 0 spiro atoms. The molecule has 0 saturated carbocycles. The molecule has 0 bridgehead atoms. The molecular weight excluding hydrogens is 823 g/mol. The predicted octanol–water partition coefficient (Wildman–Crippen LogP) is 11.7. The van der Waals surface area contributed by atoms with Crippen molar-refractivity contribution in [1.82, 2.24) is 19.9 Å². The fourth-order valence-electron chi connectivity index (χ4n) is 3.44. The molecule has 0 aliphatic rings. The van der Waals surface area contributed by atoms with Crippen LogP contribution >= 0.6 is 115 Å². The second-order valence-corrected chi connectivity index (χ2v) is 17.4. The van der Waals surface area contributed by atoms with Gasteiger partial charge >= 0.3 is 34.5 Å². The fourth-order valence-corrected chi connectivity index (χ4v) is 7.87. The molecule has 223 valence electrons. The van der Waals surface area contributed by atoms with Crippen molar-refractivity contribution in [3.8, 4) is 0 Å². The molecule has 4 nitrogen and oxygen atoms in total. The second kappa shape index (κ2) is 18.3. The average molecular weight is 843 g/mol. The van der Waals surface area contributed by atoms with Gasteiger partial charge in [0.15, 0.2) is 0 Å². The molecule has 0 aliphatic heterocycles. The Bertz CT molecular complexity index is 1600. The van der Waals surface area contributed by atoms with Crippen LogP contribution in [0.25, 0.3) is 40.9 Å². The van der Waals surface area contributed by atoms with Crippen molar-refractivity contribution in [2.45, 2.75) is 17.4 Å². The van der Waals surface area contributed by atoms with Crippen LogP contribution in [0.5, 0.6) is 0 Å².